The molecule has 212 valence electrons. The summed E-state index contributed by atoms with van der Waals surface area (Å²) in [5, 5.41) is 22.4. The van der Waals surface area contributed by atoms with Crippen molar-refractivity contribution in [2.24, 2.45) is 5.92 Å². The SMILES string of the molecule is Cc1ccccc1COc1ccc([N+](=O)[O-])cc1C1c2sc(=O)[nH]c2SC2C(=O)N(c3ccc([N+](=O)[O-])cc3)C(=O)C21. The van der Waals surface area contributed by atoms with E-state index in [2.05, 4.69) is 4.98 Å². The molecule has 2 aliphatic heterocycles. The summed E-state index contributed by atoms with van der Waals surface area (Å²) < 4.78 is 6.18. The van der Waals surface area contributed by atoms with Crippen LogP contribution in [0.4, 0.5) is 17.1 Å². The zero-order valence-electron chi connectivity index (χ0n) is 21.7. The minimum Gasteiger partial charge on any atom is -0.489 e. The van der Waals surface area contributed by atoms with Gasteiger partial charge in [0.15, 0.2) is 0 Å². The van der Waals surface area contributed by atoms with Crippen LogP contribution in [0.5, 0.6) is 5.75 Å². The van der Waals surface area contributed by atoms with Crippen LogP contribution >= 0.6 is 23.1 Å². The van der Waals surface area contributed by atoms with E-state index in [1.165, 1.54) is 42.5 Å². The minimum atomic E-state index is -1.03. The van der Waals surface area contributed by atoms with Crippen LogP contribution in [0.3, 0.4) is 0 Å². The molecule has 3 aromatic carbocycles. The fourth-order valence-electron chi connectivity index (χ4n) is 5.28. The Hall–Kier alpha value is -4.82. The van der Waals surface area contributed by atoms with Gasteiger partial charge in [0.2, 0.25) is 11.8 Å². The highest BCUT2D eigenvalue weighted by Crippen LogP contribution is 2.55. The van der Waals surface area contributed by atoms with Crippen LogP contribution in [0.1, 0.15) is 27.5 Å². The molecule has 3 unspecified atom stereocenters. The lowest BCUT2D eigenvalue weighted by Gasteiger charge is -2.30. The number of aromatic nitrogens is 1. The molecule has 0 radical (unpaired) electrons. The predicted octanol–water partition coefficient (Wildman–Crippen LogP) is 4.94. The summed E-state index contributed by atoms with van der Waals surface area (Å²) >= 11 is 1.93. The Morgan fingerprint density at radius 1 is 0.929 bits per heavy atom. The standard InChI is InChI=1S/C28H20N4O8S2/c1-14-4-2-3-5-15(14)13-40-20-11-10-18(32(38)39)12-19(20)21-22-24(41-25-23(21)42-28(35)29-25)27(34)30(26(22)33)16-6-8-17(9-7-16)31(36)37/h2-12,21-22,24H,13H2,1H3,(H,29,35). The number of benzene rings is 3. The third-order valence-electron chi connectivity index (χ3n) is 7.33. The number of thiazole rings is 1. The molecule has 0 aliphatic carbocycles. The molecule has 2 amide bonds. The van der Waals surface area contributed by atoms with Crippen molar-refractivity contribution in [1.29, 1.82) is 0 Å². The molecule has 12 nitrogen and oxygen atoms in total. The normalized spacial score (nSPS) is 19.4. The van der Waals surface area contributed by atoms with Crippen LogP contribution in [0, 0.1) is 33.1 Å². The topological polar surface area (TPSA) is 166 Å². The van der Waals surface area contributed by atoms with Gasteiger partial charge < -0.3 is 9.72 Å². The van der Waals surface area contributed by atoms with Crippen LogP contribution in [-0.2, 0) is 16.2 Å². The Morgan fingerprint density at radius 3 is 2.31 bits per heavy atom. The Bertz CT molecular complexity index is 1830. The Morgan fingerprint density at radius 2 is 1.62 bits per heavy atom. The minimum absolute atomic E-state index is 0.144. The maximum absolute atomic E-state index is 14.0. The summed E-state index contributed by atoms with van der Waals surface area (Å²) in [6.45, 7) is 2.07. The lowest BCUT2D eigenvalue weighted by atomic mass is 9.82. The molecular weight excluding hydrogens is 584 g/mol. The van der Waals surface area contributed by atoms with Gasteiger partial charge in [-0.25, -0.2) is 4.90 Å². The number of aromatic amines is 1. The number of fused-ring (bicyclic) bond motifs is 2. The van der Waals surface area contributed by atoms with E-state index in [0.717, 1.165) is 39.1 Å². The first kappa shape index (κ1) is 27.4. The van der Waals surface area contributed by atoms with E-state index >= 15 is 0 Å². The van der Waals surface area contributed by atoms with E-state index in [0.29, 0.717) is 15.5 Å². The smallest absolute Gasteiger partial charge is 0.305 e. The number of H-pyrrole nitrogens is 1. The second-order valence-corrected chi connectivity index (χ2v) is 11.9. The summed E-state index contributed by atoms with van der Waals surface area (Å²) in [6, 6.07) is 16.7. The predicted molar refractivity (Wildman–Crippen MR) is 154 cm³/mol. The molecule has 3 atom stereocenters. The van der Waals surface area contributed by atoms with Crippen molar-refractivity contribution in [3.8, 4) is 5.75 Å². The largest absolute Gasteiger partial charge is 0.489 e. The number of non-ortho nitro benzene ring substituents is 2. The third kappa shape index (κ3) is 4.63. The van der Waals surface area contributed by atoms with Crippen molar-refractivity contribution in [3.63, 3.8) is 0 Å². The molecule has 14 heteroatoms. The van der Waals surface area contributed by atoms with Gasteiger partial charge in [-0.3, -0.25) is 34.6 Å². The first-order valence-electron chi connectivity index (χ1n) is 12.6. The van der Waals surface area contributed by atoms with E-state index in [1.54, 1.807) is 0 Å². The van der Waals surface area contributed by atoms with E-state index in [9.17, 15) is 34.6 Å². The van der Waals surface area contributed by atoms with Crippen molar-refractivity contribution < 1.29 is 24.2 Å². The molecule has 1 saturated heterocycles. The highest BCUT2D eigenvalue weighted by molar-refractivity contribution is 8.00. The molecule has 1 fully saturated rings. The lowest BCUT2D eigenvalue weighted by molar-refractivity contribution is -0.385. The van der Waals surface area contributed by atoms with Gasteiger partial charge in [0.25, 0.3) is 11.4 Å². The molecule has 0 spiro atoms. The summed E-state index contributed by atoms with van der Waals surface area (Å²) in [6.07, 6.45) is 0. The average Bonchev–Trinajstić information content (AvgIpc) is 3.46. The number of nitro benzene ring substituents is 2. The number of hydrogen-bond acceptors (Lipinski definition) is 10. The maximum atomic E-state index is 14.0. The number of amides is 2. The number of carbonyl (C=O) groups excluding carboxylic acids is 2. The van der Waals surface area contributed by atoms with Gasteiger partial charge in [0.1, 0.15) is 17.6 Å². The average molecular weight is 605 g/mol. The molecule has 1 aromatic heterocycles. The number of rotatable bonds is 7. The van der Waals surface area contributed by atoms with Gasteiger partial charge in [0.05, 0.1) is 26.5 Å². The number of anilines is 1. The van der Waals surface area contributed by atoms with E-state index in [1.807, 2.05) is 31.2 Å². The lowest BCUT2D eigenvalue weighted by Crippen LogP contribution is -2.32. The van der Waals surface area contributed by atoms with Gasteiger partial charge in [0, 0.05) is 40.6 Å². The highest BCUT2D eigenvalue weighted by Gasteiger charge is 2.57. The van der Waals surface area contributed by atoms with Gasteiger partial charge >= 0.3 is 4.87 Å². The summed E-state index contributed by atoms with van der Waals surface area (Å²) in [7, 11) is 0. The van der Waals surface area contributed by atoms with Crippen molar-refractivity contribution >= 4 is 52.0 Å². The van der Waals surface area contributed by atoms with Gasteiger partial charge in [-0.2, -0.15) is 0 Å². The summed E-state index contributed by atoms with van der Waals surface area (Å²) in [5.41, 5.74) is 1.90. The number of ether oxygens (including phenoxy) is 1. The molecule has 0 saturated carbocycles. The van der Waals surface area contributed by atoms with Crippen LogP contribution in [0.15, 0.2) is 76.6 Å². The molecule has 6 rings (SSSR count). The highest BCUT2D eigenvalue weighted by atomic mass is 32.2. The fraction of sp³-hybridized carbons (Fsp3) is 0.179. The summed E-state index contributed by atoms with van der Waals surface area (Å²) in [4.78, 5) is 65.8. The monoisotopic (exact) mass is 604 g/mol. The molecule has 4 aromatic rings. The van der Waals surface area contributed by atoms with Gasteiger partial charge in [-0.15, -0.1) is 0 Å². The number of thioether (sulfide) groups is 1. The quantitative estimate of drug-likeness (QED) is 0.175. The molecule has 3 heterocycles. The first-order chi connectivity index (χ1) is 20.1. The first-order valence-corrected chi connectivity index (χ1v) is 14.3. The van der Waals surface area contributed by atoms with Crippen molar-refractivity contribution in [3.05, 3.63) is 118 Å². The number of imide groups is 1. The van der Waals surface area contributed by atoms with Gasteiger partial charge in [-0.05, 0) is 36.2 Å². The van der Waals surface area contributed by atoms with Crippen LogP contribution in [0.25, 0.3) is 0 Å². The van der Waals surface area contributed by atoms with Gasteiger partial charge in [-0.1, -0.05) is 47.4 Å². The molecule has 2 aliphatic rings. The van der Waals surface area contributed by atoms with Crippen molar-refractivity contribution in [2.45, 2.75) is 29.7 Å². The van der Waals surface area contributed by atoms with Crippen LogP contribution < -0.4 is 14.5 Å². The molecule has 1 N–H and O–H groups in total. The number of nitro groups is 2. The number of nitrogens with zero attached hydrogens (tertiary/aromatic N) is 3. The second kappa shape index (κ2) is 10.5. The molecule has 0 bridgehead atoms. The fourth-order valence-corrected chi connectivity index (χ4v) is 7.79. The van der Waals surface area contributed by atoms with E-state index in [4.69, 9.17) is 4.74 Å². The molecular formula is C28H20N4O8S2. The number of aryl methyl sites for hydroxylation is 1. The number of carbonyl (C=O) groups is 2. The summed E-state index contributed by atoms with van der Waals surface area (Å²) in [5.74, 6) is -2.81. The van der Waals surface area contributed by atoms with Crippen LogP contribution in [0.2, 0.25) is 0 Å². The Labute approximate surface area is 245 Å². The third-order valence-corrected chi connectivity index (χ3v) is 9.73. The Kier molecular flexibility index (Phi) is 6.86. The Balaban J connectivity index is 1.47. The number of nitrogens with one attached hydrogen (secondary N) is 1. The zero-order chi connectivity index (χ0) is 29.7. The van der Waals surface area contributed by atoms with E-state index in [-0.39, 0.29) is 29.4 Å². The maximum Gasteiger partial charge on any atom is 0.305 e. The zero-order valence-corrected chi connectivity index (χ0v) is 23.3. The second-order valence-electron chi connectivity index (χ2n) is 9.73. The number of hydrogen-bond donors (Lipinski definition) is 1. The molecule has 42 heavy (non-hydrogen) atoms. The van der Waals surface area contributed by atoms with E-state index < -0.39 is 43.6 Å². The van der Waals surface area contributed by atoms with Crippen molar-refractivity contribution in [2.75, 3.05) is 4.90 Å². The van der Waals surface area contributed by atoms with Crippen LogP contribution in [-0.4, -0.2) is 31.9 Å². The van der Waals surface area contributed by atoms with Crippen molar-refractivity contribution in [1.82, 2.24) is 4.98 Å².